The molecular formula is C7H17NO2. The first-order valence-corrected chi connectivity index (χ1v) is 3.60. The molecule has 0 aromatic rings. The van der Waals surface area contributed by atoms with Gasteiger partial charge in [-0.15, -0.1) is 0 Å². The van der Waals surface area contributed by atoms with Gasteiger partial charge in [0.25, 0.3) is 0 Å². The highest BCUT2D eigenvalue weighted by Crippen LogP contribution is 1.90. The second-order valence-electron chi connectivity index (χ2n) is 2.45. The van der Waals surface area contributed by atoms with E-state index in [1.54, 1.807) is 0 Å². The third kappa shape index (κ3) is 4.73. The quantitative estimate of drug-likeness (QED) is 0.567. The van der Waals surface area contributed by atoms with Crippen LogP contribution in [0, 0.1) is 0 Å². The molecule has 0 aliphatic heterocycles. The summed E-state index contributed by atoms with van der Waals surface area (Å²) < 4.78 is 4.68. The Balaban J connectivity index is 3.27. The Bertz CT molecular complexity index is 78.0. The summed E-state index contributed by atoms with van der Waals surface area (Å²) in [5.74, 6) is 0. The van der Waals surface area contributed by atoms with E-state index in [2.05, 4.69) is 11.7 Å². The monoisotopic (exact) mass is 147 g/mol. The molecule has 0 spiro atoms. The second-order valence-corrected chi connectivity index (χ2v) is 2.45. The van der Waals surface area contributed by atoms with E-state index in [0.717, 1.165) is 13.0 Å². The van der Waals surface area contributed by atoms with Crippen molar-refractivity contribution >= 4 is 0 Å². The van der Waals surface area contributed by atoms with Crippen LogP contribution in [0.15, 0.2) is 0 Å². The number of methoxy groups -OCH3 is 1. The van der Waals surface area contributed by atoms with Gasteiger partial charge in [-0.25, -0.2) is 0 Å². The molecule has 0 aliphatic carbocycles. The average molecular weight is 147 g/mol. The Morgan fingerprint density at radius 2 is 2.20 bits per heavy atom. The molecule has 0 radical (unpaired) electrons. The zero-order chi connectivity index (χ0) is 7.98. The maximum atomic E-state index is 8.99. The van der Waals surface area contributed by atoms with Crippen molar-refractivity contribution in [1.29, 1.82) is 0 Å². The lowest BCUT2D eigenvalue weighted by Crippen LogP contribution is -2.30. The third-order valence-corrected chi connectivity index (χ3v) is 1.35. The topological polar surface area (TPSA) is 32.7 Å². The summed E-state index contributed by atoms with van der Waals surface area (Å²) in [6.07, 6.45) is 0.462. The molecule has 1 atom stereocenters. The molecule has 3 heteroatoms. The highest BCUT2D eigenvalue weighted by atomic mass is 16.6. The zero-order valence-electron chi connectivity index (χ0n) is 7.00. The van der Waals surface area contributed by atoms with Crippen molar-refractivity contribution in [1.82, 2.24) is 4.90 Å². The lowest BCUT2D eigenvalue weighted by atomic mass is 10.4. The van der Waals surface area contributed by atoms with Crippen LogP contribution in [0.2, 0.25) is 0 Å². The summed E-state index contributed by atoms with van der Waals surface area (Å²) in [7, 11) is 3.47. The van der Waals surface area contributed by atoms with E-state index < -0.39 is 6.29 Å². The van der Waals surface area contributed by atoms with Crippen LogP contribution in [0.25, 0.3) is 0 Å². The third-order valence-electron chi connectivity index (χ3n) is 1.35. The molecular weight excluding hydrogens is 130 g/mol. The van der Waals surface area contributed by atoms with Crippen molar-refractivity contribution in [3.63, 3.8) is 0 Å². The van der Waals surface area contributed by atoms with Gasteiger partial charge in [0.05, 0.1) is 0 Å². The Hall–Kier alpha value is -0.120. The predicted molar refractivity (Wildman–Crippen MR) is 40.8 cm³/mol. The lowest BCUT2D eigenvalue weighted by molar-refractivity contribution is -0.0874. The molecule has 0 bridgehead atoms. The number of rotatable bonds is 5. The molecule has 1 unspecified atom stereocenters. The minimum Gasteiger partial charge on any atom is -0.367 e. The number of likely N-dealkylation sites (N-methyl/N-ethyl adjacent to an activating group) is 1. The van der Waals surface area contributed by atoms with Gasteiger partial charge in [-0.05, 0) is 20.0 Å². The first-order chi connectivity index (χ1) is 4.70. The molecule has 0 rings (SSSR count). The molecule has 3 nitrogen and oxygen atoms in total. The van der Waals surface area contributed by atoms with Gasteiger partial charge >= 0.3 is 0 Å². The normalized spacial score (nSPS) is 14.1. The van der Waals surface area contributed by atoms with Gasteiger partial charge in [-0.1, -0.05) is 6.92 Å². The van der Waals surface area contributed by atoms with Gasteiger partial charge in [0, 0.05) is 13.7 Å². The van der Waals surface area contributed by atoms with Crippen LogP contribution in [-0.2, 0) is 4.74 Å². The summed E-state index contributed by atoms with van der Waals surface area (Å²) in [5.41, 5.74) is 0. The lowest BCUT2D eigenvalue weighted by Gasteiger charge is -2.18. The van der Waals surface area contributed by atoms with E-state index in [1.165, 1.54) is 7.11 Å². The van der Waals surface area contributed by atoms with E-state index in [-0.39, 0.29) is 0 Å². The summed E-state index contributed by atoms with van der Waals surface area (Å²) >= 11 is 0. The smallest absolute Gasteiger partial charge is 0.166 e. The fourth-order valence-electron chi connectivity index (χ4n) is 0.814. The second kappa shape index (κ2) is 5.65. The maximum absolute atomic E-state index is 8.99. The van der Waals surface area contributed by atoms with Crippen molar-refractivity contribution in [3.8, 4) is 0 Å². The highest BCUT2D eigenvalue weighted by molar-refractivity contribution is 4.50. The first-order valence-electron chi connectivity index (χ1n) is 3.60. The van der Waals surface area contributed by atoms with Gasteiger partial charge in [0.1, 0.15) is 0 Å². The standard InChI is InChI=1S/C7H17NO2/c1-4-5-8(2)6-7(9)10-3/h7,9H,4-6H2,1-3H3. The van der Waals surface area contributed by atoms with Crippen molar-refractivity contribution in [2.75, 3.05) is 27.2 Å². The zero-order valence-corrected chi connectivity index (χ0v) is 7.00. The van der Waals surface area contributed by atoms with Gasteiger partial charge in [0.2, 0.25) is 0 Å². The van der Waals surface area contributed by atoms with Crippen molar-refractivity contribution in [2.45, 2.75) is 19.6 Å². The van der Waals surface area contributed by atoms with Crippen LogP contribution >= 0.6 is 0 Å². The van der Waals surface area contributed by atoms with Gasteiger partial charge < -0.3 is 14.7 Å². The van der Waals surface area contributed by atoms with Crippen LogP contribution in [0.1, 0.15) is 13.3 Å². The van der Waals surface area contributed by atoms with Crippen LogP contribution in [0.3, 0.4) is 0 Å². The number of hydrogen-bond acceptors (Lipinski definition) is 3. The first kappa shape index (κ1) is 9.88. The molecule has 0 aromatic heterocycles. The summed E-state index contributed by atoms with van der Waals surface area (Å²) in [6, 6.07) is 0. The molecule has 0 fully saturated rings. The minimum atomic E-state index is -0.642. The molecule has 0 aromatic carbocycles. The molecule has 0 saturated heterocycles. The van der Waals surface area contributed by atoms with Crippen LogP contribution in [-0.4, -0.2) is 43.5 Å². The van der Waals surface area contributed by atoms with Crippen molar-refractivity contribution < 1.29 is 9.84 Å². The van der Waals surface area contributed by atoms with E-state index in [1.807, 2.05) is 11.9 Å². The number of nitrogens with zero attached hydrogens (tertiary/aromatic N) is 1. The SMILES string of the molecule is CCCN(C)CC(O)OC. The fourth-order valence-corrected chi connectivity index (χ4v) is 0.814. The van der Waals surface area contributed by atoms with Crippen molar-refractivity contribution in [3.05, 3.63) is 0 Å². The van der Waals surface area contributed by atoms with Gasteiger partial charge in [0.15, 0.2) is 6.29 Å². The Labute approximate surface area is 62.6 Å². The maximum Gasteiger partial charge on any atom is 0.166 e. The Morgan fingerprint density at radius 3 is 2.60 bits per heavy atom. The minimum absolute atomic E-state index is 0.588. The molecule has 1 N–H and O–H groups in total. The van der Waals surface area contributed by atoms with Crippen LogP contribution < -0.4 is 0 Å². The average Bonchev–Trinajstić information content (AvgIpc) is 1.88. The summed E-state index contributed by atoms with van der Waals surface area (Å²) in [5, 5.41) is 8.99. The van der Waals surface area contributed by atoms with E-state index in [4.69, 9.17) is 5.11 Å². The number of aliphatic hydroxyl groups is 1. The van der Waals surface area contributed by atoms with Crippen LogP contribution in [0.4, 0.5) is 0 Å². The van der Waals surface area contributed by atoms with E-state index in [0.29, 0.717) is 6.54 Å². The molecule has 62 valence electrons. The Morgan fingerprint density at radius 1 is 1.60 bits per heavy atom. The number of hydrogen-bond donors (Lipinski definition) is 1. The Kier molecular flexibility index (Phi) is 5.58. The van der Waals surface area contributed by atoms with E-state index in [9.17, 15) is 0 Å². The predicted octanol–water partition coefficient (Wildman–Crippen LogP) is 0.293. The fraction of sp³-hybridized carbons (Fsp3) is 1.00. The number of aliphatic hydroxyl groups excluding tert-OH is 1. The van der Waals surface area contributed by atoms with E-state index >= 15 is 0 Å². The largest absolute Gasteiger partial charge is 0.367 e. The molecule has 0 heterocycles. The highest BCUT2D eigenvalue weighted by Gasteiger charge is 2.03. The van der Waals surface area contributed by atoms with Crippen LogP contribution in [0.5, 0.6) is 0 Å². The number of ether oxygens (including phenoxy) is 1. The molecule has 0 amide bonds. The van der Waals surface area contributed by atoms with Gasteiger partial charge in [-0.2, -0.15) is 0 Å². The van der Waals surface area contributed by atoms with Gasteiger partial charge in [-0.3, -0.25) is 0 Å². The molecule has 10 heavy (non-hydrogen) atoms. The summed E-state index contributed by atoms with van der Waals surface area (Å²) in [6.45, 7) is 3.69. The molecule has 0 aliphatic rings. The van der Waals surface area contributed by atoms with Crippen molar-refractivity contribution in [2.24, 2.45) is 0 Å². The summed E-state index contributed by atoms with van der Waals surface area (Å²) in [4.78, 5) is 2.04. The molecule has 0 saturated carbocycles.